The maximum atomic E-state index is 8.76. The number of pyridine rings is 2. The summed E-state index contributed by atoms with van der Waals surface area (Å²) in [6, 6.07) is 35.9. The summed E-state index contributed by atoms with van der Waals surface area (Å²) in [5, 5.41) is 18.1. The molecule has 7 rings (SSSR count). The fourth-order valence-corrected chi connectivity index (χ4v) is 9.46. The predicted octanol–water partition coefficient (Wildman–Crippen LogP) is 16.5. The first kappa shape index (κ1) is 66.7. The van der Waals surface area contributed by atoms with Crippen LogP contribution in [-0.4, -0.2) is 70.9 Å². The quantitative estimate of drug-likeness (QED) is 0.0435. The fraction of sp³-hybridized carbons (Fsp3) is 0.426. The average molecular weight is 1180 g/mol. The number of unbranched alkanes of at least 4 members (excludes halogenated alkanes) is 4. The summed E-state index contributed by atoms with van der Waals surface area (Å²) in [6.07, 6.45) is 14.5. The molecular formula is C61H87BCl4N5O2Pd. The van der Waals surface area contributed by atoms with Crippen LogP contribution in [0.4, 0.5) is 11.4 Å². The van der Waals surface area contributed by atoms with E-state index < -0.39 is 20.8 Å². The summed E-state index contributed by atoms with van der Waals surface area (Å²) < 4.78 is 1.42. The molecule has 13 heteroatoms. The van der Waals surface area contributed by atoms with E-state index in [4.69, 9.17) is 50.2 Å². The van der Waals surface area contributed by atoms with Gasteiger partial charge < -0.3 is 24.3 Å². The Balaban J connectivity index is 0.000000326. The number of nitrogens with zero attached hydrogens (tertiary/aromatic N) is 5. The first-order chi connectivity index (χ1) is 35.3. The molecule has 0 radical (unpaired) electrons. The van der Waals surface area contributed by atoms with Crippen molar-refractivity contribution >= 4 is 64.1 Å². The van der Waals surface area contributed by atoms with Crippen LogP contribution in [0, 0.1) is 62.1 Å². The van der Waals surface area contributed by atoms with E-state index in [9.17, 15) is 0 Å². The number of halogens is 4. The zero-order valence-corrected chi connectivity index (χ0v) is 51.1. The van der Waals surface area contributed by atoms with Gasteiger partial charge in [0.1, 0.15) is 5.15 Å². The van der Waals surface area contributed by atoms with Crippen LogP contribution < -0.4 is 15.3 Å². The topological polar surface area (TPSA) is 72.7 Å². The maximum absolute atomic E-state index is 8.76. The normalized spacial score (nSPS) is 11.8. The third-order valence-electron chi connectivity index (χ3n) is 12.8. The number of aryl methyl sites for hydroxylation is 8. The average Bonchev–Trinajstić information content (AvgIpc) is 3.83. The Hall–Kier alpha value is -3.45. The van der Waals surface area contributed by atoms with Gasteiger partial charge in [-0.1, -0.05) is 167 Å². The van der Waals surface area contributed by atoms with Gasteiger partial charge >= 0.3 is 49.4 Å². The fourth-order valence-electron chi connectivity index (χ4n) is 9.33. The summed E-state index contributed by atoms with van der Waals surface area (Å²) in [7, 11) is 13.4. The molecule has 7 nitrogen and oxygen atoms in total. The molecule has 1 aliphatic rings. The van der Waals surface area contributed by atoms with Crippen molar-refractivity contribution in [2.24, 2.45) is 0 Å². The van der Waals surface area contributed by atoms with Crippen LogP contribution in [0.15, 0.2) is 122 Å². The molecule has 74 heavy (non-hydrogen) atoms. The molecule has 1 fully saturated rings. The van der Waals surface area contributed by atoms with Gasteiger partial charge in [0, 0.05) is 42.4 Å². The molecule has 4 aromatic carbocycles. The number of quaternary nitrogens is 1. The summed E-state index contributed by atoms with van der Waals surface area (Å²) in [5.41, 5.74) is 15.8. The van der Waals surface area contributed by atoms with E-state index in [1.807, 2.05) is 67.7 Å². The Morgan fingerprint density at radius 2 is 0.905 bits per heavy atom. The van der Waals surface area contributed by atoms with Crippen LogP contribution in [0.3, 0.4) is 0 Å². The van der Waals surface area contributed by atoms with Crippen LogP contribution in [0.25, 0.3) is 11.3 Å². The number of hydrogen-bond donors (Lipinski definition) is 2. The molecule has 0 bridgehead atoms. The Morgan fingerprint density at radius 3 is 1.22 bits per heavy atom. The van der Waals surface area contributed by atoms with Crippen molar-refractivity contribution in [2.75, 3.05) is 49.1 Å². The van der Waals surface area contributed by atoms with E-state index in [0.717, 1.165) is 24.3 Å². The van der Waals surface area contributed by atoms with Gasteiger partial charge in [-0.25, -0.2) is 4.98 Å². The summed E-state index contributed by atoms with van der Waals surface area (Å²) in [4.78, 5) is 12.9. The molecule has 3 heterocycles. The van der Waals surface area contributed by atoms with Crippen molar-refractivity contribution < 1.29 is 28.2 Å². The molecule has 2 aromatic heterocycles. The van der Waals surface area contributed by atoms with Crippen LogP contribution in [0.2, 0.25) is 5.15 Å². The molecule has 6 aromatic rings. The zero-order chi connectivity index (χ0) is 55.1. The molecule has 409 valence electrons. The van der Waals surface area contributed by atoms with Gasteiger partial charge in [-0.05, 0) is 139 Å². The Kier molecular flexibility index (Phi) is 33.6. The van der Waals surface area contributed by atoms with Gasteiger partial charge in [-0.15, -0.1) is 0 Å². The Morgan fingerprint density at radius 1 is 0.527 bits per heavy atom. The van der Waals surface area contributed by atoms with Crippen molar-refractivity contribution in [1.29, 1.82) is 0 Å². The molecule has 0 saturated carbocycles. The number of benzene rings is 4. The van der Waals surface area contributed by atoms with Crippen molar-refractivity contribution in [3.63, 3.8) is 0 Å². The van der Waals surface area contributed by atoms with Crippen LogP contribution >= 0.6 is 40.2 Å². The van der Waals surface area contributed by atoms with Gasteiger partial charge in [0.25, 0.3) is 0 Å². The van der Waals surface area contributed by atoms with Gasteiger partial charge in [-0.2, -0.15) is 6.67 Å². The monoisotopic (exact) mass is 1180 g/mol. The molecule has 0 amide bonds. The third kappa shape index (κ3) is 25.1. The summed E-state index contributed by atoms with van der Waals surface area (Å²) in [6.45, 7) is 36.5. The molecule has 0 atom stereocenters. The van der Waals surface area contributed by atoms with E-state index in [-0.39, 0.29) is 0 Å². The second kappa shape index (κ2) is 37.3. The third-order valence-corrected chi connectivity index (χ3v) is 13.1. The standard InChI is InChI=1S/C21H27N2.C16H36N.C12H11N.C7H9BO2.C5H4ClN.3ClH.Pd/c1-14-9-16(3)20(17(4)10-14)22-7-8-23(13-22)21-18(5)11-15(2)12-19(21)6;1-5-9-13-17(14-10-6-2,15-11-7-3)16-12-8-4;1-10-6-2-3-7-11(10)12-8-4-5-9-13-12;1-6-4-2-3-5-7(6)8(9)10;6-5-3-1-2-4-7-5;;;;/h9-13H,7-8H2,1-6H3;5-16H2,1-4H3;2-9H,1H3;2-5,9-10H,1H3;1-4H;3*1H;/q-1;+1;;;;;;;+3/p-3. The van der Waals surface area contributed by atoms with Crippen molar-refractivity contribution in [2.45, 2.75) is 134 Å². The number of hydrogen-bond acceptors (Lipinski definition) is 6. The molecule has 0 unspecified atom stereocenters. The molecule has 1 aliphatic heterocycles. The molecule has 0 spiro atoms. The molecule has 2 N–H and O–H groups in total. The van der Waals surface area contributed by atoms with Gasteiger partial charge in [-0.3, -0.25) is 4.98 Å². The summed E-state index contributed by atoms with van der Waals surface area (Å²) in [5.74, 6) is 0. The first-order valence-electron chi connectivity index (χ1n) is 26.3. The van der Waals surface area contributed by atoms with Crippen LogP contribution in [0.5, 0.6) is 0 Å². The van der Waals surface area contributed by atoms with E-state index in [1.165, 1.54) is 138 Å². The second-order valence-electron chi connectivity index (χ2n) is 19.2. The van der Waals surface area contributed by atoms with Crippen molar-refractivity contribution in [1.82, 2.24) is 9.97 Å². The minimum absolute atomic E-state index is 0.544. The first-order valence-corrected chi connectivity index (χ1v) is 32.7. The minimum atomic E-state index is -1.57. The van der Waals surface area contributed by atoms with Crippen molar-refractivity contribution in [3.8, 4) is 11.3 Å². The predicted molar refractivity (Wildman–Crippen MR) is 322 cm³/mol. The van der Waals surface area contributed by atoms with E-state index in [1.54, 1.807) is 24.4 Å². The van der Waals surface area contributed by atoms with E-state index >= 15 is 0 Å². The summed E-state index contributed by atoms with van der Waals surface area (Å²) >= 11 is 3.86. The van der Waals surface area contributed by atoms with Gasteiger partial charge in [0.05, 0.1) is 31.9 Å². The number of rotatable bonds is 16. The second-order valence-corrected chi connectivity index (χ2v) is 26.7. The van der Waals surface area contributed by atoms with E-state index in [0.29, 0.717) is 10.6 Å². The van der Waals surface area contributed by atoms with E-state index in [2.05, 4.69) is 139 Å². The Bertz CT molecular complexity index is 2300. The molecule has 1 saturated heterocycles. The Labute approximate surface area is 471 Å². The zero-order valence-electron chi connectivity index (χ0n) is 46.6. The molecule has 0 aliphatic carbocycles. The van der Waals surface area contributed by atoms with Gasteiger partial charge in [0.15, 0.2) is 0 Å². The number of anilines is 2. The number of aromatic nitrogens is 2. The van der Waals surface area contributed by atoms with Crippen molar-refractivity contribution in [3.05, 3.63) is 178 Å². The van der Waals surface area contributed by atoms with Gasteiger partial charge in [0.2, 0.25) is 0 Å². The van der Waals surface area contributed by atoms with Crippen LogP contribution in [0.1, 0.15) is 124 Å². The molecular weight excluding hydrogens is 1090 g/mol. The SMILES string of the molecule is CCCC[N+](CCCC)(CCCC)CCCC.Cc1cc(C)c(N2[CH-]N(c3c(C)cc(C)cc3C)CC2)c(C)c1.Cc1ccccc1-c1ccccn1.Cc1ccccc1B(O)O.Clc1ccccn1.[Cl][Pd]([Cl])[Cl]. The van der Waals surface area contributed by atoms with Crippen LogP contribution in [-0.2, 0) is 13.7 Å².